The number of aromatic nitrogens is 1. The SMILES string of the molecule is CC(C)c1cnc(NC(=O)C(C(C)C)N2CCCC2=O)s1. The lowest BCUT2D eigenvalue weighted by Gasteiger charge is -2.29. The second kappa shape index (κ2) is 6.56. The van der Waals surface area contributed by atoms with Gasteiger partial charge in [0.15, 0.2) is 5.13 Å². The summed E-state index contributed by atoms with van der Waals surface area (Å²) in [6.07, 6.45) is 3.19. The van der Waals surface area contributed by atoms with Gasteiger partial charge in [-0.25, -0.2) is 4.98 Å². The highest BCUT2D eigenvalue weighted by molar-refractivity contribution is 7.15. The molecule has 0 bridgehead atoms. The van der Waals surface area contributed by atoms with Gasteiger partial charge in [0.25, 0.3) is 0 Å². The van der Waals surface area contributed by atoms with Gasteiger partial charge >= 0.3 is 0 Å². The van der Waals surface area contributed by atoms with Gasteiger partial charge in [-0.15, -0.1) is 11.3 Å². The van der Waals surface area contributed by atoms with Crippen LogP contribution >= 0.6 is 11.3 Å². The fraction of sp³-hybridized carbons (Fsp3) is 0.667. The van der Waals surface area contributed by atoms with Crippen LogP contribution in [0.15, 0.2) is 6.20 Å². The van der Waals surface area contributed by atoms with Crippen molar-refractivity contribution >= 4 is 28.3 Å². The summed E-state index contributed by atoms with van der Waals surface area (Å²) >= 11 is 1.50. The molecule has 0 radical (unpaired) electrons. The molecule has 2 amide bonds. The molecule has 1 aromatic heterocycles. The van der Waals surface area contributed by atoms with Gasteiger partial charge in [-0.1, -0.05) is 27.7 Å². The molecule has 0 saturated carbocycles. The zero-order valence-electron chi connectivity index (χ0n) is 13.0. The Morgan fingerprint density at radius 2 is 2.10 bits per heavy atom. The van der Waals surface area contributed by atoms with E-state index < -0.39 is 6.04 Å². The van der Waals surface area contributed by atoms with E-state index >= 15 is 0 Å². The topological polar surface area (TPSA) is 62.3 Å². The van der Waals surface area contributed by atoms with Crippen molar-refractivity contribution in [3.63, 3.8) is 0 Å². The number of thiazole rings is 1. The van der Waals surface area contributed by atoms with Crippen LogP contribution in [0.4, 0.5) is 5.13 Å². The average molecular weight is 309 g/mol. The van der Waals surface area contributed by atoms with E-state index in [2.05, 4.69) is 24.1 Å². The summed E-state index contributed by atoms with van der Waals surface area (Å²) in [5, 5.41) is 3.48. The van der Waals surface area contributed by atoms with Crippen molar-refractivity contribution in [2.45, 2.75) is 52.5 Å². The highest BCUT2D eigenvalue weighted by Gasteiger charge is 2.35. The maximum Gasteiger partial charge on any atom is 0.249 e. The molecule has 6 heteroatoms. The molecule has 0 aromatic carbocycles. The molecule has 1 fully saturated rings. The van der Waals surface area contributed by atoms with Gasteiger partial charge in [-0.05, 0) is 18.3 Å². The summed E-state index contributed by atoms with van der Waals surface area (Å²) in [5.74, 6) is 0.418. The number of hydrogen-bond donors (Lipinski definition) is 1. The Labute approximate surface area is 129 Å². The number of amides is 2. The van der Waals surface area contributed by atoms with Crippen LogP contribution in [0.25, 0.3) is 0 Å². The summed E-state index contributed by atoms with van der Waals surface area (Å²) < 4.78 is 0. The van der Waals surface area contributed by atoms with E-state index in [1.807, 2.05) is 13.8 Å². The van der Waals surface area contributed by atoms with Gasteiger partial charge in [0.2, 0.25) is 11.8 Å². The van der Waals surface area contributed by atoms with Crippen molar-refractivity contribution in [3.05, 3.63) is 11.1 Å². The fourth-order valence-electron chi connectivity index (χ4n) is 2.56. The van der Waals surface area contributed by atoms with Crippen LogP contribution in [0, 0.1) is 5.92 Å². The molecule has 2 heterocycles. The fourth-order valence-corrected chi connectivity index (χ4v) is 3.38. The summed E-state index contributed by atoms with van der Waals surface area (Å²) in [6, 6.07) is -0.411. The third kappa shape index (κ3) is 3.61. The Bertz CT molecular complexity index is 525. The van der Waals surface area contributed by atoms with Crippen LogP contribution < -0.4 is 5.32 Å². The summed E-state index contributed by atoms with van der Waals surface area (Å²) in [6.45, 7) is 8.80. The Hall–Kier alpha value is -1.43. The largest absolute Gasteiger partial charge is 0.330 e. The van der Waals surface area contributed by atoms with E-state index in [0.29, 0.717) is 24.0 Å². The van der Waals surface area contributed by atoms with Crippen molar-refractivity contribution in [3.8, 4) is 0 Å². The lowest BCUT2D eigenvalue weighted by Crippen LogP contribution is -2.47. The minimum atomic E-state index is -0.411. The number of nitrogens with one attached hydrogen (secondary N) is 1. The summed E-state index contributed by atoms with van der Waals surface area (Å²) in [7, 11) is 0. The Morgan fingerprint density at radius 3 is 2.57 bits per heavy atom. The first kappa shape index (κ1) is 15.9. The van der Waals surface area contributed by atoms with Gasteiger partial charge in [0.05, 0.1) is 0 Å². The third-order valence-corrected chi connectivity index (χ3v) is 4.88. The molecule has 2 rings (SSSR count). The van der Waals surface area contributed by atoms with Gasteiger partial charge in [0.1, 0.15) is 6.04 Å². The molecule has 0 aliphatic carbocycles. The van der Waals surface area contributed by atoms with Crippen molar-refractivity contribution in [2.24, 2.45) is 5.92 Å². The Balaban J connectivity index is 2.09. The van der Waals surface area contributed by atoms with Gasteiger partial charge in [-0.3, -0.25) is 9.59 Å². The van der Waals surface area contributed by atoms with Crippen LogP contribution in [0.1, 0.15) is 51.3 Å². The molecule has 5 nitrogen and oxygen atoms in total. The Morgan fingerprint density at radius 1 is 1.38 bits per heavy atom. The second-order valence-electron chi connectivity index (χ2n) is 6.09. The molecular weight excluding hydrogens is 286 g/mol. The first-order valence-corrected chi connectivity index (χ1v) is 8.28. The number of likely N-dealkylation sites (tertiary alicyclic amines) is 1. The van der Waals surface area contributed by atoms with Crippen LogP contribution in [0.5, 0.6) is 0 Å². The maximum atomic E-state index is 12.5. The van der Waals surface area contributed by atoms with Crippen molar-refractivity contribution in [2.75, 3.05) is 11.9 Å². The monoisotopic (exact) mass is 309 g/mol. The van der Waals surface area contributed by atoms with E-state index in [0.717, 1.165) is 11.3 Å². The molecule has 21 heavy (non-hydrogen) atoms. The standard InChI is InChI=1S/C15H23N3O2S/c1-9(2)11-8-16-15(21-11)17-14(20)13(10(3)4)18-7-5-6-12(18)19/h8-10,13H,5-7H2,1-4H3,(H,16,17,20). The summed E-state index contributed by atoms with van der Waals surface area (Å²) in [4.78, 5) is 31.5. The van der Waals surface area contributed by atoms with E-state index in [9.17, 15) is 9.59 Å². The van der Waals surface area contributed by atoms with Crippen molar-refractivity contribution in [1.82, 2.24) is 9.88 Å². The zero-order chi connectivity index (χ0) is 15.6. The molecule has 1 aliphatic heterocycles. The van der Waals surface area contributed by atoms with Crippen LogP contribution in [0.3, 0.4) is 0 Å². The molecule has 1 saturated heterocycles. The van der Waals surface area contributed by atoms with Gasteiger partial charge < -0.3 is 10.2 Å². The molecule has 1 aliphatic rings. The molecule has 1 atom stereocenters. The maximum absolute atomic E-state index is 12.5. The Kier molecular flexibility index (Phi) is 4.98. The van der Waals surface area contributed by atoms with E-state index in [1.165, 1.54) is 11.3 Å². The second-order valence-corrected chi connectivity index (χ2v) is 7.15. The molecule has 1 unspecified atom stereocenters. The normalized spacial score (nSPS) is 16.9. The van der Waals surface area contributed by atoms with E-state index in [1.54, 1.807) is 11.1 Å². The highest BCUT2D eigenvalue weighted by Crippen LogP contribution is 2.26. The van der Waals surface area contributed by atoms with Crippen molar-refractivity contribution in [1.29, 1.82) is 0 Å². The number of carbonyl (C=O) groups excluding carboxylic acids is 2. The highest BCUT2D eigenvalue weighted by atomic mass is 32.1. The van der Waals surface area contributed by atoms with E-state index in [4.69, 9.17) is 0 Å². The first-order chi connectivity index (χ1) is 9.90. The first-order valence-electron chi connectivity index (χ1n) is 7.46. The quantitative estimate of drug-likeness (QED) is 0.909. The van der Waals surface area contributed by atoms with Gasteiger partial charge in [0, 0.05) is 24.0 Å². The molecular formula is C15H23N3O2S. The molecule has 0 spiro atoms. The lowest BCUT2D eigenvalue weighted by molar-refractivity contribution is -0.136. The number of anilines is 1. The molecule has 1 N–H and O–H groups in total. The molecule has 116 valence electrons. The summed E-state index contributed by atoms with van der Waals surface area (Å²) in [5.41, 5.74) is 0. The zero-order valence-corrected chi connectivity index (χ0v) is 13.9. The predicted octanol–water partition coefficient (Wildman–Crippen LogP) is 2.85. The van der Waals surface area contributed by atoms with Crippen LogP contribution in [-0.2, 0) is 9.59 Å². The minimum absolute atomic E-state index is 0.0749. The number of carbonyl (C=O) groups is 2. The smallest absolute Gasteiger partial charge is 0.249 e. The van der Waals surface area contributed by atoms with Crippen molar-refractivity contribution < 1.29 is 9.59 Å². The number of nitrogens with zero attached hydrogens (tertiary/aromatic N) is 2. The average Bonchev–Trinajstić information content (AvgIpc) is 2.99. The lowest BCUT2D eigenvalue weighted by atomic mass is 10.0. The van der Waals surface area contributed by atoms with Gasteiger partial charge in [-0.2, -0.15) is 0 Å². The molecule has 1 aromatic rings. The van der Waals surface area contributed by atoms with E-state index in [-0.39, 0.29) is 17.7 Å². The van der Waals surface area contributed by atoms with Crippen LogP contribution in [-0.4, -0.2) is 34.3 Å². The minimum Gasteiger partial charge on any atom is -0.330 e. The predicted molar refractivity (Wildman–Crippen MR) is 84.4 cm³/mol. The number of hydrogen-bond acceptors (Lipinski definition) is 4. The third-order valence-electron chi connectivity index (χ3n) is 3.67. The van der Waals surface area contributed by atoms with Crippen LogP contribution in [0.2, 0.25) is 0 Å². The number of rotatable bonds is 5.